The Bertz CT molecular complexity index is 1590. The number of morpholine rings is 1. The minimum Gasteiger partial charge on any atom is -0.372 e. The largest absolute Gasteiger partial charge is 0.417 e. The number of carbonyl (C=O) groups is 1. The van der Waals surface area contributed by atoms with Gasteiger partial charge in [-0.25, -0.2) is 18.7 Å². The van der Waals surface area contributed by atoms with Gasteiger partial charge in [-0.3, -0.25) is 9.59 Å². The van der Waals surface area contributed by atoms with Gasteiger partial charge in [0.1, 0.15) is 11.5 Å². The molecule has 0 spiro atoms. The zero-order valence-corrected chi connectivity index (χ0v) is 24.5. The first-order valence-corrected chi connectivity index (χ1v) is 14.0. The van der Waals surface area contributed by atoms with Crippen molar-refractivity contribution in [3.63, 3.8) is 0 Å². The van der Waals surface area contributed by atoms with Crippen LogP contribution >= 0.6 is 0 Å². The van der Waals surface area contributed by atoms with Crippen LogP contribution in [0.3, 0.4) is 0 Å². The van der Waals surface area contributed by atoms with E-state index in [-0.39, 0.29) is 35.6 Å². The predicted molar refractivity (Wildman–Crippen MR) is 154 cm³/mol. The van der Waals surface area contributed by atoms with Gasteiger partial charge in [-0.05, 0) is 27.8 Å². The molecule has 2 saturated heterocycles. The third-order valence-corrected chi connectivity index (χ3v) is 7.84. The van der Waals surface area contributed by atoms with E-state index < -0.39 is 51.7 Å². The molecular formula is C29H32F5N7O3. The second-order valence-electron chi connectivity index (χ2n) is 11.2. The molecule has 0 radical (unpaired) electrons. The summed E-state index contributed by atoms with van der Waals surface area (Å²) in [6.07, 6.45) is -2.08. The molecule has 2 fully saturated rings. The second kappa shape index (κ2) is 12.1. The van der Waals surface area contributed by atoms with Crippen molar-refractivity contribution in [3.8, 4) is 11.1 Å². The summed E-state index contributed by atoms with van der Waals surface area (Å²) in [5.74, 6) is -3.17. The van der Waals surface area contributed by atoms with E-state index in [4.69, 9.17) is 4.74 Å². The van der Waals surface area contributed by atoms with Crippen molar-refractivity contribution in [1.82, 2.24) is 19.9 Å². The molecule has 0 aliphatic carbocycles. The van der Waals surface area contributed by atoms with Gasteiger partial charge in [0.25, 0.3) is 5.91 Å². The third-order valence-electron chi connectivity index (χ3n) is 7.84. The molecule has 1 aromatic carbocycles. The molecule has 4 heterocycles. The molecule has 0 bridgehead atoms. The third kappa shape index (κ3) is 6.38. The summed E-state index contributed by atoms with van der Waals surface area (Å²) < 4.78 is 79.0. The molecule has 1 amide bonds. The number of anilines is 3. The Hall–Kier alpha value is -4.11. The van der Waals surface area contributed by atoms with Crippen LogP contribution in [0.1, 0.15) is 36.7 Å². The van der Waals surface area contributed by atoms with Crippen LogP contribution in [0, 0.1) is 11.6 Å². The van der Waals surface area contributed by atoms with E-state index in [2.05, 4.69) is 20.3 Å². The summed E-state index contributed by atoms with van der Waals surface area (Å²) in [6.45, 7) is 7.97. The summed E-state index contributed by atoms with van der Waals surface area (Å²) in [4.78, 5) is 41.1. The topological polar surface area (TPSA) is 107 Å². The molecule has 0 saturated carbocycles. The van der Waals surface area contributed by atoms with Crippen LogP contribution in [0.4, 0.5) is 39.3 Å². The summed E-state index contributed by atoms with van der Waals surface area (Å²) in [5, 5.41) is 2.24. The van der Waals surface area contributed by atoms with Gasteiger partial charge in [-0.1, -0.05) is 0 Å². The highest BCUT2D eigenvalue weighted by Crippen LogP contribution is 2.39. The molecule has 44 heavy (non-hydrogen) atoms. The second-order valence-corrected chi connectivity index (χ2v) is 11.2. The predicted octanol–water partition coefficient (Wildman–Crippen LogP) is 4.14. The maximum Gasteiger partial charge on any atom is 0.417 e. The summed E-state index contributed by atoms with van der Waals surface area (Å²) in [5.41, 5.74) is -4.63. The number of likely N-dealkylation sites (N-methyl/N-ethyl adjacent to an activating group) is 1. The first kappa shape index (κ1) is 31.3. The zero-order valence-electron chi connectivity index (χ0n) is 24.5. The van der Waals surface area contributed by atoms with Gasteiger partial charge in [-0.2, -0.15) is 13.2 Å². The SMILES string of the molecule is C[C@@H]1CN(c2ncc(-c3c(F)cc(N4CCN(C)[C@@H](C)C4)c(NC(=O)c4c[nH]c(=O)cc4C(F)(F)F)c3F)cn2)C[C@@H](C)O1. The maximum absolute atomic E-state index is 16.4. The van der Waals surface area contributed by atoms with E-state index in [9.17, 15) is 22.8 Å². The number of hydrogen-bond acceptors (Lipinski definition) is 8. The van der Waals surface area contributed by atoms with Crippen LogP contribution < -0.4 is 20.7 Å². The number of carbonyl (C=O) groups excluding carboxylic acids is 1. The Morgan fingerprint density at radius 1 is 1.02 bits per heavy atom. The lowest BCUT2D eigenvalue weighted by Gasteiger charge is -2.39. The van der Waals surface area contributed by atoms with Crippen molar-refractivity contribution in [2.24, 2.45) is 0 Å². The van der Waals surface area contributed by atoms with Crippen molar-refractivity contribution in [2.75, 3.05) is 54.9 Å². The molecule has 2 N–H and O–H groups in total. The number of rotatable bonds is 5. The number of halogens is 5. The number of pyridine rings is 1. The number of ether oxygens (including phenoxy) is 1. The minimum atomic E-state index is -5.04. The Morgan fingerprint density at radius 3 is 2.30 bits per heavy atom. The van der Waals surface area contributed by atoms with Gasteiger partial charge < -0.3 is 29.7 Å². The van der Waals surface area contributed by atoms with E-state index in [1.54, 1.807) is 4.90 Å². The van der Waals surface area contributed by atoms with Crippen LogP contribution in [-0.4, -0.2) is 83.8 Å². The van der Waals surface area contributed by atoms with Crippen molar-refractivity contribution in [3.05, 3.63) is 63.8 Å². The Morgan fingerprint density at radius 2 is 1.68 bits per heavy atom. The van der Waals surface area contributed by atoms with Crippen LogP contribution in [0.2, 0.25) is 0 Å². The molecule has 3 aromatic rings. The summed E-state index contributed by atoms with van der Waals surface area (Å²) >= 11 is 0. The fourth-order valence-corrected chi connectivity index (χ4v) is 5.54. The number of aromatic amines is 1. The van der Waals surface area contributed by atoms with Crippen molar-refractivity contribution in [2.45, 2.75) is 45.2 Å². The molecule has 2 aromatic heterocycles. The molecule has 0 unspecified atom stereocenters. The number of amides is 1. The lowest BCUT2D eigenvalue weighted by Crippen LogP contribution is -2.50. The monoisotopic (exact) mass is 621 g/mol. The van der Waals surface area contributed by atoms with Gasteiger partial charge in [-0.15, -0.1) is 0 Å². The van der Waals surface area contributed by atoms with E-state index in [0.717, 1.165) is 6.07 Å². The van der Waals surface area contributed by atoms with Gasteiger partial charge in [0.2, 0.25) is 11.5 Å². The number of benzene rings is 1. The van der Waals surface area contributed by atoms with Gasteiger partial charge >= 0.3 is 6.18 Å². The molecule has 2 aliphatic heterocycles. The van der Waals surface area contributed by atoms with E-state index >= 15 is 8.78 Å². The normalized spacial score (nSPS) is 21.4. The summed E-state index contributed by atoms with van der Waals surface area (Å²) in [7, 11) is 1.89. The Balaban J connectivity index is 1.57. The highest BCUT2D eigenvalue weighted by Gasteiger charge is 2.37. The first-order chi connectivity index (χ1) is 20.7. The van der Waals surface area contributed by atoms with Crippen LogP contribution in [0.25, 0.3) is 11.1 Å². The number of aromatic nitrogens is 3. The zero-order chi connectivity index (χ0) is 31.9. The number of nitrogens with one attached hydrogen (secondary N) is 2. The number of H-pyrrole nitrogens is 1. The van der Waals surface area contributed by atoms with E-state index in [0.29, 0.717) is 44.9 Å². The van der Waals surface area contributed by atoms with Crippen molar-refractivity contribution >= 4 is 23.2 Å². The highest BCUT2D eigenvalue weighted by atomic mass is 19.4. The van der Waals surface area contributed by atoms with E-state index in [1.807, 2.05) is 37.6 Å². The van der Waals surface area contributed by atoms with Gasteiger partial charge in [0.05, 0.1) is 34.6 Å². The standard InChI is InChI=1S/C29H32F5N7O3/c1-15-12-40(6-5-39(15)4)22-8-21(30)24(18-9-36-28(37-10-18)41-13-16(2)44-17(3)14-41)25(31)26(22)38-27(43)19-11-35-23(42)7-20(19)29(32,33)34/h7-11,15-17H,5-6,12-14H2,1-4H3,(H,35,42)(H,38,43)/t15-,16+,17+/m0/s1. The van der Waals surface area contributed by atoms with Crippen molar-refractivity contribution < 1.29 is 31.5 Å². The number of piperazine rings is 1. The average Bonchev–Trinajstić information content (AvgIpc) is 2.95. The van der Waals surface area contributed by atoms with Gasteiger partial charge in [0.15, 0.2) is 5.82 Å². The molecule has 3 atom stereocenters. The quantitative estimate of drug-likeness (QED) is 0.410. The molecule has 5 rings (SSSR count). The highest BCUT2D eigenvalue weighted by molar-refractivity contribution is 6.07. The Kier molecular flexibility index (Phi) is 8.62. The number of nitrogens with zero attached hydrogens (tertiary/aromatic N) is 5. The molecule has 10 nitrogen and oxygen atoms in total. The van der Waals surface area contributed by atoms with Crippen molar-refractivity contribution in [1.29, 1.82) is 0 Å². The number of alkyl halides is 3. The fourth-order valence-electron chi connectivity index (χ4n) is 5.54. The fraction of sp³-hybridized carbons (Fsp3) is 0.448. The number of hydrogen-bond donors (Lipinski definition) is 2. The minimum absolute atomic E-state index is 0.0271. The van der Waals surface area contributed by atoms with Crippen LogP contribution in [0.15, 0.2) is 35.5 Å². The molecule has 15 heteroatoms. The Labute approximate surface area is 249 Å². The average molecular weight is 622 g/mol. The van der Waals surface area contributed by atoms with Gasteiger partial charge in [0, 0.05) is 75.1 Å². The smallest absolute Gasteiger partial charge is 0.372 e. The molecule has 2 aliphatic rings. The molecule has 236 valence electrons. The van der Waals surface area contributed by atoms with Crippen LogP contribution in [0.5, 0.6) is 0 Å². The lowest BCUT2D eigenvalue weighted by molar-refractivity contribution is -0.138. The lowest BCUT2D eigenvalue weighted by atomic mass is 10.0. The summed E-state index contributed by atoms with van der Waals surface area (Å²) in [6, 6.07) is 1.27. The van der Waals surface area contributed by atoms with E-state index in [1.165, 1.54) is 12.4 Å². The van der Waals surface area contributed by atoms with Crippen LogP contribution in [-0.2, 0) is 10.9 Å². The maximum atomic E-state index is 16.4. The molecular weight excluding hydrogens is 589 g/mol. The first-order valence-electron chi connectivity index (χ1n) is 14.0.